The molecule has 0 aliphatic rings. The van der Waals surface area contributed by atoms with Crippen molar-refractivity contribution < 1.29 is 27.1 Å². The molecule has 0 unspecified atom stereocenters. The molecule has 3 aromatic rings. The summed E-state index contributed by atoms with van der Waals surface area (Å²) in [6.45, 7) is 0.118. The molecule has 0 saturated heterocycles. The number of carbonyl (C=O) groups is 1. The molecule has 0 aliphatic heterocycles. The Morgan fingerprint density at radius 2 is 1.96 bits per heavy atom. The highest BCUT2D eigenvalue weighted by atomic mass is 32.1. The summed E-state index contributed by atoms with van der Waals surface area (Å²) in [6, 6.07) is 12.0. The van der Waals surface area contributed by atoms with Crippen LogP contribution in [0.15, 0.2) is 52.3 Å². The van der Waals surface area contributed by atoms with Gasteiger partial charge in [-0.15, -0.1) is 11.3 Å². The molecule has 1 amide bonds. The summed E-state index contributed by atoms with van der Waals surface area (Å²) in [5, 5.41) is 2.95. The van der Waals surface area contributed by atoms with Gasteiger partial charge in [0.25, 0.3) is 5.91 Å². The number of benzene rings is 1. The molecule has 2 aromatic heterocycles. The van der Waals surface area contributed by atoms with Gasteiger partial charge in [0.1, 0.15) is 18.1 Å². The molecular formula is C16H11F3N2O3S. The van der Waals surface area contributed by atoms with Crippen molar-refractivity contribution in [3.05, 3.63) is 65.1 Å². The first-order chi connectivity index (χ1) is 11.9. The number of aromatic nitrogens is 1. The summed E-state index contributed by atoms with van der Waals surface area (Å²) in [4.78, 5) is 15.3. The average Bonchev–Trinajstić information content (AvgIpc) is 3.23. The topological polar surface area (TPSA) is 64.4 Å². The van der Waals surface area contributed by atoms with Gasteiger partial charge in [-0.05, 0) is 24.3 Å². The lowest BCUT2D eigenvalue weighted by Crippen LogP contribution is -2.12. The van der Waals surface area contributed by atoms with Gasteiger partial charge in [-0.25, -0.2) is 4.98 Å². The van der Waals surface area contributed by atoms with E-state index in [1.165, 1.54) is 6.07 Å². The van der Waals surface area contributed by atoms with Crippen molar-refractivity contribution in [3.8, 4) is 5.75 Å². The maximum absolute atomic E-state index is 12.5. The quantitative estimate of drug-likeness (QED) is 0.716. The van der Waals surface area contributed by atoms with Gasteiger partial charge in [-0.3, -0.25) is 10.1 Å². The number of furan rings is 1. The van der Waals surface area contributed by atoms with E-state index in [-0.39, 0.29) is 17.5 Å². The van der Waals surface area contributed by atoms with Crippen LogP contribution in [0.1, 0.15) is 22.0 Å². The highest BCUT2D eigenvalue weighted by molar-refractivity contribution is 7.14. The van der Waals surface area contributed by atoms with Gasteiger partial charge in [0.2, 0.25) is 0 Å². The molecule has 5 nitrogen and oxygen atoms in total. The first-order valence-electron chi connectivity index (χ1n) is 7.02. The monoisotopic (exact) mass is 368 g/mol. The van der Waals surface area contributed by atoms with Crippen LogP contribution in [0.3, 0.4) is 0 Å². The number of hydrogen-bond donors (Lipinski definition) is 1. The van der Waals surface area contributed by atoms with E-state index < -0.39 is 17.8 Å². The molecule has 0 bridgehead atoms. The van der Waals surface area contributed by atoms with Crippen molar-refractivity contribution in [1.29, 1.82) is 0 Å². The highest BCUT2D eigenvalue weighted by Gasteiger charge is 2.34. The predicted molar refractivity (Wildman–Crippen MR) is 84.6 cm³/mol. The van der Waals surface area contributed by atoms with Crippen LogP contribution in [0.5, 0.6) is 5.75 Å². The Kier molecular flexibility index (Phi) is 4.75. The van der Waals surface area contributed by atoms with Crippen molar-refractivity contribution in [2.75, 3.05) is 5.32 Å². The zero-order chi connectivity index (χ0) is 17.9. The van der Waals surface area contributed by atoms with E-state index in [1.54, 1.807) is 18.2 Å². The molecule has 2 heterocycles. The molecule has 1 N–H and O–H groups in total. The first-order valence-corrected chi connectivity index (χ1v) is 7.90. The maximum Gasteiger partial charge on any atom is 0.434 e. The smallest absolute Gasteiger partial charge is 0.434 e. The molecule has 0 aliphatic carbocycles. The van der Waals surface area contributed by atoms with Crippen molar-refractivity contribution in [3.63, 3.8) is 0 Å². The zero-order valence-electron chi connectivity index (χ0n) is 12.5. The SMILES string of the molecule is O=C(Nc1nc(C(F)(F)F)cs1)c1ccc(COc2ccccc2)o1. The number of halogens is 3. The lowest BCUT2D eigenvalue weighted by atomic mass is 10.3. The van der Waals surface area contributed by atoms with Crippen LogP contribution in [0.4, 0.5) is 18.3 Å². The Balaban J connectivity index is 1.60. The van der Waals surface area contributed by atoms with Gasteiger partial charge in [-0.1, -0.05) is 18.2 Å². The second kappa shape index (κ2) is 6.98. The maximum atomic E-state index is 12.5. The normalized spacial score (nSPS) is 11.3. The number of ether oxygens (including phenoxy) is 1. The minimum atomic E-state index is -4.55. The predicted octanol–water partition coefficient (Wildman–Crippen LogP) is 4.59. The van der Waals surface area contributed by atoms with Crippen LogP contribution < -0.4 is 10.1 Å². The number of carbonyl (C=O) groups excluding carboxylic acids is 1. The van der Waals surface area contributed by atoms with E-state index in [0.717, 1.165) is 5.38 Å². The van der Waals surface area contributed by atoms with Crippen LogP contribution in [-0.2, 0) is 12.8 Å². The third kappa shape index (κ3) is 4.38. The summed E-state index contributed by atoms with van der Waals surface area (Å²) >= 11 is 0.684. The standard InChI is InChI=1S/C16H11F3N2O3S/c17-16(18,19)13-9-25-15(20-13)21-14(22)12-7-6-11(24-12)8-23-10-4-2-1-3-5-10/h1-7,9H,8H2,(H,20,21,22). The second-order valence-corrected chi connectivity index (χ2v) is 5.72. The average molecular weight is 368 g/mol. The second-order valence-electron chi connectivity index (χ2n) is 4.86. The van der Waals surface area contributed by atoms with Gasteiger partial charge >= 0.3 is 6.18 Å². The summed E-state index contributed by atoms with van der Waals surface area (Å²) in [5.41, 5.74) is -1.05. The van der Waals surface area contributed by atoms with Crippen molar-refractivity contribution in [1.82, 2.24) is 4.98 Å². The molecule has 1 aromatic carbocycles. The van der Waals surface area contributed by atoms with Gasteiger partial charge in [0.15, 0.2) is 16.6 Å². The van der Waals surface area contributed by atoms with Crippen LogP contribution in [0, 0.1) is 0 Å². The number of rotatable bonds is 5. The third-order valence-corrected chi connectivity index (χ3v) is 3.78. The van der Waals surface area contributed by atoms with E-state index in [9.17, 15) is 18.0 Å². The Bertz CT molecular complexity index is 859. The fourth-order valence-electron chi connectivity index (χ4n) is 1.87. The molecule has 0 fully saturated rings. The number of amides is 1. The van der Waals surface area contributed by atoms with E-state index in [2.05, 4.69) is 10.3 Å². The van der Waals surface area contributed by atoms with Gasteiger partial charge in [-0.2, -0.15) is 13.2 Å². The van der Waals surface area contributed by atoms with E-state index in [0.29, 0.717) is 22.8 Å². The number of hydrogen-bond acceptors (Lipinski definition) is 5. The number of nitrogens with zero attached hydrogens (tertiary/aromatic N) is 1. The van der Waals surface area contributed by atoms with E-state index in [1.807, 2.05) is 18.2 Å². The van der Waals surface area contributed by atoms with Crippen LogP contribution in [-0.4, -0.2) is 10.9 Å². The Morgan fingerprint density at radius 1 is 1.20 bits per heavy atom. The number of para-hydroxylation sites is 1. The Morgan fingerprint density at radius 3 is 2.64 bits per heavy atom. The van der Waals surface area contributed by atoms with Crippen molar-refractivity contribution in [2.24, 2.45) is 0 Å². The summed E-state index contributed by atoms with van der Waals surface area (Å²) in [5.74, 6) is 0.320. The van der Waals surface area contributed by atoms with Gasteiger partial charge in [0.05, 0.1) is 0 Å². The lowest BCUT2D eigenvalue weighted by Gasteiger charge is -2.03. The van der Waals surface area contributed by atoms with Gasteiger partial charge in [0, 0.05) is 5.38 Å². The fraction of sp³-hybridized carbons (Fsp3) is 0.125. The summed E-state index contributed by atoms with van der Waals surface area (Å²) < 4.78 is 48.3. The number of alkyl halides is 3. The highest BCUT2D eigenvalue weighted by Crippen LogP contribution is 2.31. The lowest BCUT2D eigenvalue weighted by molar-refractivity contribution is -0.140. The molecule has 130 valence electrons. The molecule has 0 atom stereocenters. The summed E-state index contributed by atoms with van der Waals surface area (Å²) in [7, 11) is 0. The fourth-order valence-corrected chi connectivity index (χ4v) is 2.58. The van der Waals surface area contributed by atoms with Crippen LogP contribution in [0.2, 0.25) is 0 Å². The molecule has 0 spiro atoms. The molecule has 9 heteroatoms. The molecule has 0 radical (unpaired) electrons. The van der Waals surface area contributed by atoms with E-state index >= 15 is 0 Å². The van der Waals surface area contributed by atoms with Crippen molar-refractivity contribution >= 4 is 22.4 Å². The van der Waals surface area contributed by atoms with E-state index in [4.69, 9.17) is 9.15 Å². The molecular weight excluding hydrogens is 357 g/mol. The zero-order valence-corrected chi connectivity index (χ0v) is 13.4. The number of nitrogens with one attached hydrogen (secondary N) is 1. The number of thiazole rings is 1. The minimum Gasteiger partial charge on any atom is -0.486 e. The largest absolute Gasteiger partial charge is 0.486 e. The van der Waals surface area contributed by atoms with Gasteiger partial charge < -0.3 is 9.15 Å². The molecule has 25 heavy (non-hydrogen) atoms. The Labute approximate surface area is 144 Å². The molecule has 3 rings (SSSR count). The molecule has 0 saturated carbocycles. The third-order valence-electron chi connectivity index (χ3n) is 3.02. The van der Waals surface area contributed by atoms with Crippen LogP contribution >= 0.6 is 11.3 Å². The summed E-state index contributed by atoms with van der Waals surface area (Å²) in [6.07, 6.45) is -4.55. The minimum absolute atomic E-state index is 0.0459. The number of anilines is 1. The van der Waals surface area contributed by atoms with Crippen molar-refractivity contribution in [2.45, 2.75) is 12.8 Å². The van der Waals surface area contributed by atoms with Crippen LogP contribution in [0.25, 0.3) is 0 Å². The Hall–Kier alpha value is -2.81. The first kappa shape index (κ1) is 17.0.